The number of carbonyl (C=O) groups is 2. The van der Waals surface area contributed by atoms with Gasteiger partial charge in [-0.2, -0.15) is 0 Å². The van der Waals surface area contributed by atoms with Gasteiger partial charge in [-0.1, -0.05) is 43.6 Å². The Bertz CT molecular complexity index is 460. The van der Waals surface area contributed by atoms with E-state index in [4.69, 9.17) is 16.7 Å². The lowest BCUT2D eigenvalue weighted by atomic mass is 10.0. The molecule has 0 aliphatic carbocycles. The molecule has 1 aromatic rings. The molecule has 1 atom stereocenters. The van der Waals surface area contributed by atoms with Gasteiger partial charge in [0, 0.05) is 5.02 Å². The van der Waals surface area contributed by atoms with Gasteiger partial charge in [0.2, 0.25) is 5.91 Å². The van der Waals surface area contributed by atoms with E-state index >= 15 is 0 Å². The number of carboxylic acids is 1. The second kappa shape index (κ2) is 7.14. The maximum atomic E-state index is 11.8. The lowest BCUT2D eigenvalue weighted by Gasteiger charge is -2.16. The van der Waals surface area contributed by atoms with E-state index in [1.807, 2.05) is 13.8 Å². The molecule has 0 unspecified atom stereocenters. The summed E-state index contributed by atoms with van der Waals surface area (Å²) in [4.78, 5) is 22.9. The van der Waals surface area contributed by atoms with Crippen molar-refractivity contribution in [3.63, 3.8) is 0 Å². The average Bonchev–Trinajstić information content (AvgIpc) is 2.30. The van der Waals surface area contributed by atoms with E-state index in [2.05, 4.69) is 5.32 Å². The van der Waals surface area contributed by atoms with Crippen LogP contribution in [-0.4, -0.2) is 23.0 Å². The van der Waals surface area contributed by atoms with Crippen LogP contribution in [0.4, 0.5) is 0 Å². The van der Waals surface area contributed by atoms with E-state index in [0.29, 0.717) is 17.0 Å². The first-order valence-electron chi connectivity index (χ1n) is 6.15. The molecule has 0 radical (unpaired) electrons. The highest BCUT2D eigenvalue weighted by Gasteiger charge is 2.21. The Morgan fingerprint density at radius 3 is 2.47 bits per heavy atom. The highest BCUT2D eigenvalue weighted by molar-refractivity contribution is 6.31. The molecule has 1 rings (SSSR count). The Morgan fingerprint density at radius 2 is 1.95 bits per heavy atom. The molecule has 19 heavy (non-hydrogen) atoms. The zero-order valence-corrected chi connectivity index (χ0v) is 11.8. The Labute approximate surface area is 117 Å². The van der Waals surface area contributed by atoms with Gasteiger partial charge in [-0.3, -0.25) is 4.79 Å². The summed E-state index contributed by atoms with van der Waals surface area (Å²) < 4.78 is 0. The molecule has 0 aliphatic heterocycles. The number of carboxylic acid groups (broad SMARTS) is 1. The van der Waals surface area contributed by atoms with Gasteiger partial charge >= 0.3 is 5.97 Å². The summed E-state index contributed by atoms with van der Waals surface area (Å²) in [5, 5.41) is 12.1. The van der Waals surface area contributed by atoms with Crippen LogP contribution in [0.3, 0.4) is 0 Å². The average molecular weight is 284 g/mol. The molecule has 2 N–H and O–H groups in total. The molecule has 0 spiro atoms. The fraction of sp³-hybridized carbons (Fsp3) is 0.429. The third-order valence-corrected chi connectivity index (χ3v) is 3.02. The minimum absolute atomic E-state index is 0.0849. The Balaban J connectivity index is 2.63. The number of hydrogen-bond donors (Lipinski definition) is 2. The second-order valence-corrected chi connectivity index (χ2v) is 5.26. The number of nitrogens with one attached hydrogen (secondary N) is 1. The first-order valence-corrected chi connectivity index (χ1v) is 6.53. The van der Waals surface area contributed by atoms with Crippen molar-refractivity contribution in [2.24, 2.45) is 5.92 Å². The SMILES string of the molecule is CC(C)C[C@@H](NC(=O)Cc1ccccc1Cl)C(=O)O. The Morgan fingerprint density at radius 1 is 1.32 bits per heavy atom. The van der Waals surface area contributed by atoms with Gasteiger partial charge in [0.25, 0.3) is 0 Å². The lowest BCUT2D eigenvalue weighted by Crippen LogP contribution is -2.42. The van der Waals surface area contributed by atoms with Crippen molar-refractivity contribution >= 4 is 23.5 Å². The summed E-state index contributed by atoms with van der Waals surface area (Å²) in [6.07, 6.45) is 0.491. The largest absolute Gasteiger partial charge is 0.480 e. The van der Waals surface area contributed by atoms with E-state index in [-0.39, 0.29) is 18.2 Å². The summed E-state index contributed by atoms with van der Waals surface area (Å²) in [6.45, 7) is 3.83. The summed E-state index contributed by atoms with van der Waals surface area (Å²) in [5.74, 6) is -1.15. The van der Waals surface area contributed by atoms with Crippen LogP contribution in [0.25, 0.3) is 0 Å². The van der Waals surface area contributed by atoms with Gasteiger partial charge in [0.15, 0.2) is 0 Å². The first-order chi connectivity index (χ1) is 8.90. The highest BCUT2D eigenvalue weighted by Crippen LogP contribution is 2.15. The zero-order valence-electron chi connectivity index (χ0n) is 11.0. The van der Waals surface area contributed by atoms with Crippen molar-refractivity contribution in [3.05, 3.63) is 34.9 Å². The van der Waals surface area contributed by atoms with Gasteiger partial charge in [0.05, 0.1) is 6.42 Å². The fourth-order valence-electron chi connectivity index (χ4n) is 1.75. The van der Waals surface area contributed by atoms with Crippen molar-refractivity contribution in [1.29, 1.82) is 0 Å². The van der Waals surface area contributed by atoms with Gasteiger partial charge in [-0.15, -0.1) is 0 Å². The van der Waals surface area contributed by atoms with Crippen LogP contribution in [0.2, 0.25) is 5.02 Å². The van der Waals surface area contributed by atoms with Crippen molar-refractivity contribution in [3.8, 4) is 0 Å². The molecule has 0 bridgehead atoms. The van der Waals surface area contributed by atoms with Crippen molar-refractivity contribution in [2.75, 3.05) is 0 Å². The molecule has 4 nitrogen and oxygen atoms in total. The second-order valence-electron chi connectivity index (χ2n) is 4.86. The quantitative estimate of drug-likeness (QED) is 0.843. The summed E-state index contributed by atoms with van der Waals surface area (Å²) in [7, 11) is 0. The van der Waals surface area contributed by atoms with Crippen LogP contribution in [-0.2, 0) is 16.0 Å². The molecular formula is C14H18ClNO3. The number of hydrogen-bond acceptors (Lipinski definition) is 2. The number of halogens is 1. The molecule has 0 heterocycles. The molecule has 104 valence electrons. The number of amides is 1. The topological polar surface area (TPSA) is 66.4 Å². The van der Waals surface area contributed by atoms with E-state index < -0.39 is 12.0 Å². The molecule has 1 aromatic carbocycles. The summed E-state index contributed by atoms with van der Waals surface area (Å²) >= 11 is 5.96. The van der Waals surface area contributed by atoms with Crippen LogP contribution in [0.1, 0.15) is 25.8 Å². The van der Waals surface area contributed by atoms with Gasteiger partial charge in [-0.05, 0) is 24.0 Å². The smallest absolute Gasteiger partial charge is 0.326 e. The number of aliphatic carboxylic acids is 1. The van der Waals surface area contributed by atoms with E-state index in [9.17, 15) is 9.59 Å². The monoisotopic (exact) mass is 283 g/mol. The van der Waals surface area contributed by atoms with E-state index in [1.54, 1.807) is 24.3 Å². The molecule has 0 aliphatic rings. The molecule has 0 aromatic heterocycles. The third kappa shape index (κ3) is 5.30. The normalized spacial score (nSPS) is 12.2. The summed E-state index contributed by atoms with van der Waals surface area (Å²) in [6, 6.07) is 6.17. The van der Waals surface area contributed by atoms with E-state index in [0.717, 1.165) is 0 Å². The predicted molar refractivity (Wildman–Crippen MR) is 74.2 cm³/mol. The zero-order chi connectivity index (χ0) is 14.4. The minimum Gasteiger partial charge on any atom is -0.480 e. The number of benzene rings is 1. The van der Waals surface area contributed by atoms with Crippen molar-refractivity contribution in [2.45, 2.75) is 32.7 Å². The molecule has 0 saturated carbocycles. The molecule has 0 saturated heterocycles. The predicted octanol–water partition coefficient (Wildman–Crippen LogP) is 2.50. The Kier molecular flexibility index (Phi) is 5.83. The number of rotatable bonds is 6. The lowest BCUT2D eigenvalue weighted by molar-refractivity contribution is -0.142. The van der Waals surface area contributed by atoms with Crippen molar-refractivity contribution < 1.29 is 14.7 Å². The summed E-state index contributed by atoms with van der Waals surface area (Å²) in [5.41, 5.74) is 0.690. The van der Waals surface area contributed by atoms with Crippen LogP contribution in [0, 0.1) is 5.92 Å². The maximum absolute atomic E-state index is 11.8. The third-order valence-electron chi connectivity index (χ3n) is 2.65. The highest BCUT2D eigenvalue weighted by atomic mass is 35.5. The Hall–Kier alpha value is -1.55. The van der Waals surface area contributed by atoms with Crippen LogP contribution >= 0.6 is 11.6 Å². The van der Waals surface area contributed by atoms with Gasteiger partial charge in [-0.25, -0.2) is 4.79 Å². The number of carbonyl (C=O) groups excluding carboxylic acids is 1. The molecule has 1 amide bonds. The molecular weight excluding hydrogens is 266 g/mol. The maximum Gasteiger partial charge on any atom is 0.326 e. The van der Waals surface area contributed by atoms with Crippen molar-refractivity contribution in [1.82, 2.24) is 5.32 Å². The van der Waals surface area contributed by atoms with Crippen LogP contribution in [0.15, 0.2) is 24.3 Å². The molecule has 0 fully saturated rings. The van der Waals surface area contributed by atoms with Gasteiger partial charge in [0.1, 0.15) is 6.04 Å². The van der Waals surface area contributed by atoms with Gasteiger partial charge < -0.3 is 10.4 Å². The fourth-order valence-corrected chi connectivity index (χ4v) is 1.96. The minimum atomic E-state index is -1.01. The molecule has 5 heteroatoms. The van der Waals surface area contributed by atoms with E-state index in [1.165, 1.54) is 0 Å². The van der Waals surface area contributed by atoms with Crippen LogP contribution in [0.5, 0.6) is 0 Å². The first kappa shape index (κ1) is 15.5. The van der Waals surface area contributed by atoms with Crippen LogP contribution < -0.4 is 5.32 Å². The standard InChI is InChI=1S/C14H18ClNO3/c1-9(2)7-12(14(18)19)16-13(17)8-10-5-3-4-6-11(10)15/h3-6,9,12H,7-8H2,1-2H3,(H,16,17)(H,18,19)/t12-/m1/s1.